The van der Waals surface area contributed by atoms with Crippen molar-refractivity contribution < 1.29 is 30.7 Å². The molecule has 22 heavy (non-hydrogen) atoms. The predicted octanol–water partition coefficient (Wildman–Crippen LogP) is 0.878. The minimum absolute atomic E-state index is 0.0665. The first kappa shape index (κ1) is 15.7. The fraction of sp³-hybridized carbons (Fsp3) is 0.947. The number of hydrogen-bond donors (Lipinski definition) is 0. The van der Waals surface area contributed by atoms with Gasteiger partial charge in [-0.05, 0) is 0 Å². The molecule has 2 nitrogen and oxygen atoms in total. The van der Waals surface area contributed by atoms with Gasteiger partial charge in [-0.25, -0.2) is 0 Å². The van der Waals surface area contributed by atoms with E-state index in [-0.39, 0.29) is 36.2 Å². The van der Waals surface area contributed by atoms with E-state index in [0.717, 1.165) is 36.5 Å². The minimum atomic E-state index is -0.176. The van der Waals surface area contributed by atoms with E-state index in [9.17, 15) is 4.79 Å². The third kappa shape index (κ3) is 1.75. The third-order valence-corrected chi connectivity index (χ3v) is 11.7. The monoisotopic (exact) mass is 417 g/mol. The van der Waals surface area contributed by atoms with Crippen molar-refractivity contribution in [2.45, 2.75) is 68.3 Å². The first-order chi connectivity index (χ1) is 10.5. The zero-order valence-corrected chi connectivity index (χ0v) is 16.6. The Labute approximate surface area is 145 Å². The number of carbonyl (C=O) groups is 1. The Hall–Kier alpha value is 0.200. The summed E-state index contributed by atoms with van der Waals surface area (Å²) in [5.41, 5.74) is -0.0665. The van der Waals surface area contributed by atoms with Gasteiger partial charge in [0.05, 0.1) is 0 Å². The van der Waals surface area contributed by atoms with Crippen molar-refractivity contribution in [2.24, 2.45) is 35.5 Å². The van der Waals surface area contributed by atoms with Gasteiger partial charge in [0.15, 0.2) is 0 Å². The van der Waals surface area contributed by atoms with Crippen molar-refractivity contribution >= 4 is 5.97 Å². The van der Waals surface area contributed by atoms with Gasteiger partial charge in [0.2, 0.25) is 0 Å². The molecule has 0 N–H and O–H groups in total. The van der Waals surface area contributed by atoms with Gasteiger partial charge >= 0.3 is 145 Å². The molecule has 0 saturated heterocycles. The van der Waals surface area contributed by atoms with Crippen LogP contribution >= 0.6 is 0 Å². The summed E-state index contributed by atoms with van der Waals surface area (Å²) in [6.07, 6.45) is 7.73. The van der Waals surface area contributed by atoms with Gasteiger partial charge in [0.25, 0.3) is 0 Å². The Bertz CT molecular complexity index is 462. The molecule has 0 aromatic rings. The normalized spacial score (nSPS) is 50.5. The molecule has 126 valence electrons. The Kier molecular flexibility index (Phi) is 3.64. The van der Waals surface area contributed by atoms with Gasteiger partial charge in [-0.2, -0.15) is 0 Å². The molecular formula is C19H30IO2-. The molecule has 7 unspecified atom stereocenters. The van der Waals surface area contributed by atoms with E-state index < -0.39 is 0 Å². The number of fused-ring (bicyclic) bond motifs is 2. The first-order valence-electron chi connectivity index (χ1n) is 9.24. The third-order valence-electron chi connectivity index (χ3n) is 8.08. The predicted molar refractivity (Wildman–Crippen MR) is 83.1 cm³/mol. The average Bonchev–Trinajstić information content (AvgIpc) is 3.25. The molecule has 3 heteroatoms. The van der Waals surface area contributed by atoms with Crippen LogP contribution in [0.15, 0.2) is 0 Å². The average molecular weight is 417 g/mol. The standard InChI is InChI=1S/C19H30IO2/c1-5-18(3,20-4)17(21)22-19(6-2)13-10-14(19)16-12-8-7-11(9-12)15(13)16/h11-16H,5-10H2,1-4H3/q-1. The van der Waals surface area contributed by atoms with Crippen LogP contribution in [-0.4, -0.2) is 19.9 Å². The molecule has 0 heterocycles. The van der Waals surface area contributed by atoms with Crippen LogP contribution in [0.2, 0.25) is 0 Å². The number of alkyl halides is 2. The van der Waals surface area contributed by atoms with Crippen LogP contribution in [0.4, 0.5) is 0 Å². The van der Waals surface area contributed by atoms with Gasteiger partial charge in [0.1, 0.15) is 0 Å². The number of carbonyl (C=O) groups excluding carboxylic acids is 1. The maximum absolute atomic E-state index is 12.9. The van der Waals surface area contributed by atoms with Crippen molar-refractivity contribution in [1.82, 2.24) is 0 Å². The van der Waals surface area contributed by atoms with Crippen molar-refractivity contribution in [3.63, 3.8) is 0 Å². The molecule has 0 aliphatic heterocycles. The van der Waals surface area contributed by atoms with Crippen LogP contribution in [0.3, 0.4) is 0 Å². The molecule has 5 fully saturated rings. The number of rotatable bonds is 5. The fourth-order valence-electron chi connectivity index (χ4n) is 6.71. The first-order valence-corrected chi connectivity index (χ1v) is 12.5. The Morgan fingerprint density at radius 2 is 1.77 bits per heavy atom. The summed E-state index contributed by atoms with van der Waals surface area (Å²) in [7, 11) is 0. The summed E-state index contributed by atoms with van der Waals surface area (Å²) in [5.74, 6) is 5.27. The summed E-state index contributed by atoms with van der Waals surface area (Å²) >= 11 is -0.125. The molecule has 0 spiro atoms. The van der Waals surface area contributed by atoms with E-state index in [1.807, 2.05) is 0 Å². The van der Waals surface area contributed by atoms with Crippen molar-refractivity contribution in [2.75, 3.05) is 4.93 Å². The molecule has 7 atom stereocenters. The topological polar surface area (TPSA) is 26.3 Å². The molecular weight excluding hydrogens is 387 g/mol. The number of ether oxygens (including phenoxy) is 1. The summed E-state index contributed by atoms with van der Waals surface area (Å²) in [5, 5.41) is 0. The van der Waals surface area contributed by atoms with Gasteiger partial charge in [-0.15, -0.1) is 0 Å². The molecule has 4 bridgehead atoms. The fourth-order valence-corrected chi connectivity index (χ4v) is 8.02. The second-order valence-electron chi connectivity index (χ2n) is 8.37. The molecule has 0 aromatic heterocycles. The van der Waals surface area contributed by atoms with Crippen LogP contribution in [0.25, 0.3) is 0 Å². The molecule has 0 aromatic carbocycles. The number of halogens is 1. The number of esters is 1. The zero-order valence-electron chi connectivity index (χ0n) is 14.4. The van der Waals surface area contributed by atoms with E-state index in [4.69, 9.17) is 4.74 Å². The van der Waals surface area contributed by atoms with Gasteiger partial charge in [0, 0.05) is 0 Å². The van der Waals surface area contributed by atoms with Crippen molar-refractivity contribution in [1.29, 1.82) is 0 Å². The van der Waals surface area contributed by atoms with Crippen LogP contribution in [-0.2, 0) is 9.53 Å². The van der Waals surface area contributed by atoms with Gasteiger partial charge in [-0.3, -0.25) is 0 Å². The molecule has 5 aliphatic rings. The molecule has 0 radical (unpaired) electrons. The van der Waals surface area contributed by atoms with Gasteiger partial charge in [-0.1, -0.05) is 0 Å². The van der Waals surface area contributed by atoms with E-state index in [0.29, 0.717) is 11.8 Å². The van der Waals surface area contributed by atoms with Crippen LogP contribution in [0.1, 0.15) is 59.3 Å². The Morgan fingerprint density at radius 1 is 1.18 bits per heavy atom. The quantitative estimate of drug-likeness (QED) is 0.377. The Balaban J connectivity index is 1.58. The summed E-state index contributed by atoms with van der Waals surface area (Å²) in [6.45, 7) is 6.55. The van der Waals surface area contributed by atoms with E-state index in [2.05, 4.69) is 25.7 Å². The molecule has 0 amide bonds. The van der Waals surface area contributed by atoms with E-state index in [1.54, 1.807) is 0 Å². The SMILES string of the molecule is CCC(C)([I-]C)C(=O)OC1(CC)C2CC1C1C3CCC(C3)C12. The second kappa shape index (κ2) is 5.10. The van der Waals surface area contributed by atoms with Crippen molar-refractivity contribution in [3.05, 3.63) is 0 Å². The van der Waals surface area contributed by atoms with Crippen LogP contribution in [0, 0.1) is 35.5 Å². The number of hydrogen-bond acceptors (Lipinski definition) is 2. The maximum atomic E-state index is 12.9. The second-order valence-corrected chi connectivity index (χ2v) is 11.8. The van der Waals surface area contributed by atoms with E-state index >= 15 is 0 Å². The van der Waals surface area contributed by atoms with E-state index in [1.165, 1.54) is 25.7 Å². The molecule has 5 aliphatic carbocycles. The summed E-state index contributed by atoms with van der Waals surface area (Å²) < 4.78 is 6.23. The summed E-state index contributed by atoms with van der Waals surface area (Å²) in [6, 6.07) is 0. The Morgan fingerprint density at radius 3 is 2.23 bits per heavy atom. The van der Waals surface area contributed by atoms with Crippen LogP contribution in [0.5, 0.6) is 0 Å². The molecule has 5 saturated carbocycles. The zero-order chi connectivity index (χ0) is 15.7. The van der Waals surface area contributed by atoms with Gasteiger partial charge < -0.3 is 0 Å². The molecule has 5 rings (SSSR count). The summed E-state index contributed by atoms with van der Waals surface area (Å²) in [4.78, 5) is 15.1. The van der Waals surface area contributed by atoms with Crippen LogP contribution < -0.4 is 21.2 Å². The van der Waals surface area contributed by atoms with Crippen molar-refractivity contribution in [3.8, 4) is 0 Å².